The summed E-state index contributed by atoms with van der Waals surface area (Å²) in [5, 5.41) is 0. The first-order chi connectivity index (χ1) is 15.7. The minimum Gasteiger partial charge on any atom is -0.494 e. The quantitative estimate of drug-likeness (QED) is 0.217. The van der Waals surface area contributed by atoms with Crippen LogP contribution >= 0.6 is 10.3 Å². The Balaban J connectivity index is 2.16. The maximum Gasteiger partial charge on any atom is 0.524 e. The Kier molecular flexibility index (Phi) is 8.10. The largest absolute Gasteiger partial charge is 0.524 e. The van der Waals surface area contributed by atoms with Crippen LogP contribution in [0.15, 0.2) is 99.6 Å². The molecule has 33 heavy (non-hydrogen) atoms. The predicted molar refractivity (Wildman–Crippen MR) is 123 cm³/mol. The van der Waals surface area contributed by atoms with Gasteiger partial charge >= 0.3 is 15.6 Å². The van der Waals surface area contributed by atoms with Crippen molar-refractivity contribution in [2.24, 2.45) is 0 Å². The molecule has 0 aliphatic rings. The van der Waals surface area contributed by atoms with E-state index < -0.39 is 25.9 Å². The molecule has 4 nitrogen and oxygen atoms in total. The van der Waals surface area contributed by atoms with Crippen LogP contribution in [-0.4, -0.2) is 20.5 Å². The Bertz CT molecular complexity index is 1080. The van der Waals surface area contributed by atoms with E-state index >= 15 is 0 Å². The van der Waals surface area contributed by atoms with Crippen molar-refractivity contribution in [1.29, 1.82) is 0 Å². The molecule has 0 spiro atoms. The van der Waals surface area contributed by atoms with E-state index in [1.807, 2.05) is 0 Å². The second-order valence-electron chi connectivity index (χ2n) is 7.18. The topological polar surface area (TPSA) is 52.6 Å². The molecule has 0 bridgehead atoms. The molecule has 3 aromatic carbocycles. The van der Waals surface area contributed by atoms with Gasteiger partial charge in [-0.1, -0.05) is 56.2 Å². The highest BCUT2D eigenvalue weighted by molar-refractivity contribution is 8.33. The molecule has 0 atom stereocenters. The average molecular weight is 499 g/mol. The Morgan fingerprint density at radius 3 is 1.67 bits per heavy atom. The smallest absolute Gasteiger partial charge is 0.494 e. The zero-order valence-electron chi connectivity index (χ0n) is 18.0. The van der Waals surface area contributed by atoms with Gasteiger partial charge in [-0.2, -0.15) is 25.2 Å². The normalized spacial score (nSPS) is 13.0. The number of benzene rings is 3. The maximum atomic E-state index is 13.5. The summed E-state index contributed by atoms with van der Waals surface area (Å²) in [5.74, 6) is 0.544. The number of hydrogen-bond donors (Lipinski definition) is 0. The fraction of sp³-hybridized carbons (Fsp3) is 0.250. The van der Waals surface area contributed by atoms with Crippen molar-refractivity contribution in [3.8, 4) is 5.75 Å². The van der Waals surface area contributed by atoms with E-state index in [1.54, 1.807) is 84.9 Å². The summed E-state index contributed by atoms with van der Waals surface area (Å²) in [6, 6.07) is 22.6. The Labute approximate surface area is 194 Å². The van der Waals surface area contributed by atoms with E-state index in [2.05, 4.69) is 6.92 Å². The molecule has 3 rings (SSSR count). The minimum atomic E-state index is -5.92. The molecule has 0 fully saturated rings. The maximum absolute atomic E-state index is 13.5. The minimum absolute atomic E-state index is 0.300. The third-order valence-electron chi connectivity index (χ3n) is 4.80. The number of rotatable bonds is 10. The first-order valence-electron chi connectivity index (χ1n) is 10.4. The number of ether oxygens (including phenoxy) is 1. The van der Waals surface area contributed by atoms with Gasteiger partial charge in [0.2, 0.25) is 0 Å². The van der Waals surface area contributed by atoms with Gasteiger partial charge in [0.1, 0.15) is 5.75 Å². The van der Waals surface area contributed by atoms with Crippen molar-refractivity contribution in [2.45, 2.75) is 46.4 Å². The highest BCUT2D eigenvalue weighted by Gasteiger charge is 2.52. The number of alkyl halides is 3. The van der Waals surface area contributed by atoms with Gasteiger partial charge in [0.05, 0.1) is 6.61 Å². The lowest BCUT2D eigenvalue weighted by Gasteiger charge is -2.39. The van der Waals surface area contributed by atoms with Crippen molar-refractivity contribution < 1.29 is 30.0 Å². The molecule has 3 aromatic rings. The zero-order valence-corrected chi connectivity index (χ0v) is 19.6. The Morgan fingerprint density at radius 1 is 0.727 bits per heavy atom. The molecular weight excluding hydrogens is 473 g/mol. The lowest BCUT2D eigenvalue weighted by atomic mass is 10.3. The van der Waals surface area contributed by atoms with Crippen LogP contribution in [0, 0.1) is 0 Å². The molecule has 178 valence electrons. The van der Waals surface area contributed by atoms with Crippen LogP contribution in [0.2, 0.25) is 0 Å². The van der Waals surface area contributed by atoms with Crippen LogP contribution < -0.4 is 4.74 Å². The van der Waals surface area contributed by atoms with E-state index in [9.17, 15) is 21.6 Å². The second-order valence-corrected chi connectivity index (χ2v) is 11.6. The molecule has 0 aliphatic heterocycles. The molecular formula is C24H25F3O4S2. The van der Waals surface area contributed by atoms with Gasteiger partial charge in [-0.3, -0.25) is 0 Å². The van der Waals surface area contributed by atoms with Gasteiger partial charge in [-0.05, 0) is 65.3 Å². The monoisotopic (exact) mass is 498 g/mol. The van der Waals surface area contributed by atoms with E-state index in [-0.39, 0.29) is 0 Å². The second kappa shape index (κ2) is 10.6. The SMILES string of the molecule is CCCCCOc1ccc(S(OS(=O)(=O)C(F)(F)F)(c2ccccc2)c2ccccc2)cc1. The van der Waals surface area contributed by atoms with Crippen molar-refractivity contribution in [1.82, 2.24) is 0 Å². The van der Waals surface area contributed by atoms with Gasteiger partial charge in [0.15, 0.2) is 0 Å². The number of hydrogen-bond acceptors (Lipinski definition) is 4. The molecule has 0 saturated heterocycles. The van der Waals surface area contributed by atoms with Gasteiger partial charge in [0.25, 0.3) is 0 Å². The fourth-order valence-electron chi connectivity index (χ4n) is 3.19. The van der Waals surface area contributed by atoms with Gasteiger partial charge < -0.3 is 4.74 Å². The van der Waals surface area contributed by atoms with Crippen LogP contribution in [0.1, 0.15) is 26.2 Å². The average Bonchev–Trinajstić information content (AvgIpc) is 2.81. The zero-order chi connectivity index (χ0) is 24.0. The van der Waals surface area contributed by atoms with E-state index in [0.29, 0.717) is 27.0 Å². The highest BCUT2D eigenvalue weighted by atomic mass is 32.3. The first kappa shape index (κ1) is 25.1. The summed E-state index contributed by atoms with van der Waals surface area (Å²) in [5.41, 5.74) is -5.57. The summed E-state index contributed by atoms with van der Waals surface area (Å²) in [6.45, 7) is 2.60. The molecule has 0 aliphatic carbocycles. The van der Waals surface area contributed by atoms with Crippen molar-refractivity contribution in [3.05, 3.63) is 84.9 Å². The predicted octanol–water partition coefficient (Wildman–Crippen LogP) is 7.32. The van der Waals surface area contributed by atoms with Crippen LogP contribution in [0.3, 0.4) is 0 Å². The van der Waals surface area contributed by atoms with Crippen molar-refractivity contribution in [2.75, 3.05) is 6.61 Å². The third-order valence-corrected chi connectivity index (χ3v) is 9.71. The molecule has 0 saturated carbocycles. The number of unbranched alkanes of at least 4 members (excludes halogenated alkanes) is 2. The van der Waals surface area contributed by atoms with Crippen LogP contribution in [0.4, 0.5) is 13.2 Å². The summed E-state index contributed by atoms with van der Waals surface area (Å²) in [4.78, 5) is 0.940. The molecule has 0 amide bonds. The van der Waals surface area contributed by atoms with E-state index in [0.717, 1.165) is 19.3 Å². The molecule has 0 N–H and O–H groups in total. The van der Waals surface area contributed by atoms with Crippen molar-refractivity contribution in [3.63, 3.8) is 0 Å². The fourth-order valence-corrected chi connectivity index (χ4v) is 7.94. The lowest BCUT2D eigenvalue weighted by molar-refractivity contribution is -0.0496. The van der Waals surface area contributed by atoms with Crippen LogP contribution in [-0.2, 0) is 13.7 Å². The number of halogens is 3. The Hall–Kier alpha value is -2.49. The summed E-state index contributed by atoms with van der Waals surface area (Å²) >= 11 is 0. The van der Waals surface area contributed by atoms with Crippen LogP contribution in [0.25, 0.3) is 0 Å². The molecule has 0 aromatic heterocycles. The highest BCUT2D eigenvalue weighted by Crippen LogP contribution is 2.70. The van der Waals surface area contributed by atoms with E-state index in [1.165, 1.54) is 0 Å². The molecule has 9 heteroatoms. The summed E-state index contributed by atoms with van der Waals surface area (Å²) in [7, 11) is -9.21. The van der Waals surface area contributed by atoms with Crippen molar-refractivity contribution >= 4 is 20.4 Å². The molecule has 0 unspecified atom stereocenters. The van der Waals surface area contributed by atoms with Gasteiger partial charge in [0, 0.05) is 14.7 Å². The van der Waals surface area contributed by atoms with E-state index in [4.69, 9.17) is 8.37 Å². The lowest BCUT2D eigenvalue weighted by Crippen LogP contribution is -2.27. The Morgan fingerprint density at radius 2 is 1.21 bits per heavy atom. The third kappa shape index (κ3) is 5.72. The van der Waals surface area contributed by atoms with Gasteiger partial charge in [-0.15, -0.1) is 0 Å². The molecule has 0 radical (unpaired) electrons. The molecule has 0 heterocycles. The first-order valence-corrected chi connectivity index (χ1v) is 13.4. The van der Waals surface area contributed by atoms with Crippen LogP contribution in [0.5, 0.6) is 5.75 Å². The summed E-state index contributed by atoms with van der Waals surface area (Å²) in [6.07, 6.45) is 2.96. The standard InChI is InChI=1S/C24H25F3O4S2/c1-2-3-10-19-30-20-15-17-23(18-16-20)32(21-11-6-4-7-12-21,22-13-8-5-9-14-22)31-33(28,29)24(25,26)27/h4-9,11-18H,2-3,10,19H2,1H3. The summed E-state index contributed by atoms with van der Waals surface area (Å²) < 4.78 is 75.9. The van der Waals surface area contributed by atoms with Gasteiger partial charge in [-0.25, -0.2) is 0 Å².